The third kappa shape index (κ3) is 2.84. The van der Waals surface area contributed by atoms with Crippen LogP contribution in [0.3, 0.4) is 0 Å². The third-order valence-electron chi connectivity index (χ3n) is 3.10. The Morgan fingerprint density at radius 2 is 1.59 bits per heavy atom. The van der Waals surface area contributed by atoms with Crippen LogP contribution in [0.2, 0.25) is 0 Å². The number of anilines is 1. The van der Waals surface area contributed by atoms with Crippen LogP contribution in [-0.2, 0) is 10.8 Å². The van der Waals surface area contributed by atoms with Gasteiger partial charge < -0.3 is 15.9 Å². The van der Waals surface area contributed by atoms with E-state index in [1.165, 1.54) is 30.3 Å². The van der Waals surface area contributed by atoms with E-state index < -0.39 is 22.7 Å². The Bertz CT molecular complexity index is 801. The van der Waals surface area contributed by atoms with Crippen molar-refractivity contribution in [1.29, 1.82) is 0 Å². The standard InChI is InChI=1S/C15H13NO5S/c1-8-6-13(11(16)7-10(8)15(19)20)22(21)12-5-3-2-4-9(12)14(17)18/h2-7H,16H2,1H3,(H,17,18)(H,19,20). The topological polar surface area (TPSA) is 118 Å². The fourth-order valence-corrected chi connectivity index (χ4v) is 3.36. The number of benzene rings is 2. The van der Waals surface area contributed by atoms with Crippen LogP contribution in [0.15, 0.2) is 46.2 Å². The van der Waals surface area contributed by atoms with E-state index in [0.717, 1.165) is 0 Å². The minimum Gasteiger partial charge on any atom is -0.478 e. The van der Waals surface area contributed by atoms with Crippen molar-refractivity contribution in [2.75, 3.05) is 5.73 Å². The zero-order chi connectivity index (χ0) is 16.4. The van der Waals surface area contributed by atoms with Gasteiger partial charge in [0.25, 0.3) is 0 Å². The minimum atomic E-state index is -1.82. The van der Waals surface area contributed by atoms with Crippen molar-refractivity contribution >= 4 is 28.4 Å². The molecule has 0 heterocycles. The predicted octanol–water partition coefficient (Wildman–Crippen LogP) is 2.14. The smallest absolute Gasteiger partial charge is 0.336 e. The quantitative estimate of drug-likeness (QED) is 0.743. The second kappa shape index (κ2) is 5.98. The van der Waals surface area contributed by atoms with Crippen LogP contribution in [0.4, 0.5) is 5.69 Å². The largest absolute Gasteiger partial charge is 0.478 e. The van der Waals surface area contributed by atoms with Crippen LogP contribution in [0.1, 0.15) is 26.3 Å². The minimum absolute atomic E-state index is 0.0183. The van der Waals surface area contributed by atoms with Crippen LogP contribution < -0.4 is 5.73 Å². The van der Waals surface area contributed by atoms with Crippen molar-refractivity contribution in [3.05, 3.63) is 53.1 Å². The van der Waals surface area contributed by atoms with Gasteiger partial charge in [-0.2, -0.15) is 0 Å². The average molecular weight is 319 g/mol. The normalized spacial score (nSPS) is 11.9. The van der Waals surface area contributed by atoms with E-state index in [4.69, 9.17) is 15.9 Å². The lowest BCUT2D eigenvalue weighted by Gasteiger charge is -2.11. The molecule has 0 saturated carbocycles. The van der Waals surface area contributed by atoms with Crippen molar-refractivity contribution in [2.24, 2.45) is 0 Å². The molecule has 114 valence electrons. The lowest BCUT2D eigenvalue weighted by atomic mass is 10.1. The van der Waals surface area contributed by atoms with Crippen molar-refractivity contribution < 1.29 is 24.0 Å². The molecule has 2 rings (SSSR count). The number of carboxylic acid groups (broad SMARTS) is 2. The van der Waals surface area contributed by atoms with E-state index in [9.17, 15) is 13.8 Å². The molecule has 1 unspecified atom stereocenters. The van der Waals surface area contributed by atoms with Gasteiger partial charge in [0.05, 0.1) is 31.7 Å². The first kappa shape index (κ1) is 15.7. The summed E-state index contributed by atoms with van der Waals surface area (Å²) in [7, 11) is -1.82. The number of hydrogen-bond acceptors (Lipinski definition) is 4. The first-order valence-electron chi connectivity index (χ1n) is 6.20. The van der Waals surface area contributed by atoms with Crippen molar-refractivity contribution in [2.45, 2.75) is 16.7 Å². The van der Waals surface area contributed by atoms with Crippen molar-refractivity contribution in [3.8, 4) is 0 Å². The summed E-state index contributed by atoms with van der Waals surface area (Å²) in [6.07, 6.45) is 0. The third-order valence-corrected chi connectivity index (χ3v) is 4.61. The molecular weight excluding hydrogens is 306 g/mol. The van der Waals surface area contributed by atoms with Gasteiger partial charge in [0, 0.05) is 5.69 Å². The number of hydrogen-bond donors (Lipinski definition) is 3. The van der Waals surface area contributed by atoms with Gasteiger partial charge in [-0.25, -0.2) is 13.8 Å². The average Bonchev–Trinajstić information content (AvgIpc) is 2.48. The molecule has 2 aromatic carbocycles. The molecule has 0 spiro atoms. The maximum absolute atomic E-state index is 12.6. The van der Waals surface area contributed by atoms with E-state index in [-0.39, 0.29) is 26.6 Å². The summed E-state index contributed by atoms with van der Waals surface area (Å²) in [5.41, 5.74) is 6.17. The van der Waals surface area contributed by atoms with Gasteiger partial charge in [0.15, 0.2) is 0 Å². The molecule has 22 heavy (non-hydrogen) atoms. The molecule has 0 aliphatic carbocycles. The fourth-order valence-electron chi connectivity index (χ4n) is 2.01. The zero-order valence-electron chi connectivity index (χ0n) is 11.6. The predicted molar refractivity (Wildman–Crippen MR) is 80.6 cm³/mol. The molecule has 0 fully saturated rings. The molecular formula is C15H13NO5S. The molecule has 0 aromatic heterocycles. The highest BCUT2D eigenvalue weighted by Gasteiger charge is 2.20. The lowest BCUT2D eigenvalue weighted by molar-refractivity contribution is 0.0683. The van der Waals surface area contributed by atoms with E-state index in [1.54, 1.807) is 13.0 Å². The Kier molecular flexibility index (Phi) is 4.27. The van der Waals surface area contributed by atoms with E-state index >= 15 is 0 Å². The first-order chi connectivity index (χ1) is 10.3. The summed E-state index contributed by atoms with van der Waals surface area (Å²) < 4.78 is 12.6. The summed E-state index contributed by atoms with van der Waals surface area (Å²) >= 11 is 0. The molecule has 6 nitrogen and oxygen atoms in total. The van der Waals surface area contributed by atoms with Gasteiger partial charge in [-0.15, -0.1) is 0 Å². The van der Waals surface area contributed by atoms with Crippen LogP contribution >= 0.6 is 0 Å². The molecule has 1 atom stereocenters. The second-order valence-electron chi connectivity index (χ2n) is 4.58. The van der Waals surface area contributed by atoms with Gasteiger partial charge >= 0.3 is 11.9 Å². The van der Waals surface area contributed by atoms with Crippen LogP contribution in [0.25, 0.3) is 0 Å². The molecule has 0 saturated heterocycles. The molecule has 0 aliphatic rings. The highest BCUT2D eigenvalue weighted by Crippen LogP contribution is 2.27. The molecule has 0 aliphatic heterocycles. The van der Waals surface area contributed by atoms with Crippen LogP contribution in [-0.4, -0.2) is 26.4 Å². The van der Waals surface area contributed by atoms with Gasteiger partial charge in [-0.3, -0.25) is 0 Å². The number of aryl methyl sites for hydroxylation is 1. The molecule has 7 heteroatoms. The first-order valence-corrected chi connectivity index (χ1v) is 7.35. The molecule has 4 N–H and O–H groups in total. The SMILES string of the molecule is Cc1cc(S(=O)c2ccccc2C(=O)O)c(N)cc1C(=O)O. The molecule has 0 bridgehead atoms. The van der Waals surface area contributed by atoms with E-state index in [1.807, 2.05) is 0 Å². The zero-order valence-corrected chi connectivity index (χ0v) is 12.4. The van der Waals surface area contributed by atoms with Gasteiger partial charge in [-0.1, -0.05) is 12.1 Å². The van der Waals surface area contributed by atoms with Crippen molar-refractivity contribution in [1.82, 2.24) is 0 Å². The maximum Gasteiger partial charge on any atom is 0.336 e. The van der Waals surface area contributed by atoms with Gasteiger partial charge in [0.1, 0.15) is 0 Å². The summed E-state index contributed by atoms with van der Waals surface area (Å²) in [6.45, 7) is 1.56. The van der Waals surface area contributed by atoms with Crippen LogP contribution in [0.5, 0.6) is 0 Å². The summed E-state index contributed by atoms with van der Waals surface area (Å²) in [4.78, 5) is 22.6. The monoisotopic (exact) mass is 319 g/mol. The summed E-state index contributed by atoms with van der Waals surface area (Å²) in [5, 5.41) is 18.2. The molecule has 0 amide bonds. The number of nitrogen functional groups attached to an aromatic ring is 1. The second-order valence-corrected chi connectivity index (χ2v) is 6.00. The Balaban J connectivity index is 2.58. The fraction of sp³-hybridized carbons (Fsp3) is 0.0667. The number of nitrogens with two attached hydrogens (primary N) is 1. The number of carboxylic acids is 2. The summed E-state index contributed by atoms with van der Waals surface area (Å²) in [5.74, 6) is -2.33. The highest BCUT2D eigenvalue weighted by molar-refractivity contribution is 7.85. The van der Waals surface area contributed by atoms with Crippen LogP contribution in [0, 0.1) is 6.92 Å². The summed E-state index contributed by atoms with van der Waals surface area (Å²) in [6, 6.07) is 8.55. The van der Waals surface area contributed by atoms with Gasteiger partial charge in [-0.05, 0) is 36.8 Å². The van der Waals surface area contributed by atoms with E-state index in [2.05, 4.69) is 0 Å². The molecule has 0 radical (unpaired) electrons. The van der Waals surface area contributed by atoms with Gasteiger partial charge in [0.2, 0.25) is 0 Å². The number of aromatic carboxylic acids is 2. The highest BCUT2D eigenvalue weighted by atomic mass is 32.2. The Morgan fingerprint density at radius 3 is 2.18 bits per heavy atom. The number of rotatable bonds is 4. The number of carbonyl (C=O) groups is 2. The maximum atomic E-state index is 12.6. The Hall–Kier alpha value is -2.67. The molecule has 2 aromatic rings. The van der Waals surface area contributed by atoms with Crippen molar-refractivity contribution in [3.63, 3.8) is 0 Å². The lowest BCUT2D eigenvalue weighted by Crippen LogP contribution is -2.08. The van der Waals surface area contributed by atoms with E-state index in [0.29, 0.717) is 5.56 Å². The Morgan fingerprint density at radius 1 is 1.00 bits per heavy atom. The Labute approximate surface area is 128 Å².